The maximum atomic E-state index is 6.21. The second kappa shape index (κ2) is 3.27. The highest BCUT2D eigenvalue weighted by Gasteiger charge is 2.30. The van der Waals surface area contributed by atoms with Gasteiger partial charge in [0.05, 0.1) is 5.38 Å². The Hall–Kier alpha value is -0.200. The van der Waals surface area contributed by atoms with Crippen LogP contribution in [0.4, 0.5) is 0 Å². The summed E-state index contributed by atoms with van der Waals surface area (Å²) in [5.41, 5.74) is 1.20. The van der Waals surface area contributed by atoms with E-state index in [1.54, 1.807) is 0 Å². The molecular formula is C10H10Cl2. The van der Waals surface area contributed by atoms with Gasteiger partial charge in [-0.25, -0.2) is 0 Å². The summed E-state index contributed by atoms with van der Waals surface area (Å²) >= 11 is 12.0. The molecule has 0 nitrogen and oxygen atoms in total. The van der Waals surface area contributed by atoms with Gasteiger partial charge in [0.1, 0.15) is 0 Å². The van der Waals surface area contributed by atoms with Gasteiger partial charge in [-0.15, -0.1) is 11.6 Å². The highest BCUT2D eigenvalue weighted by Crippen LogP contribution is 2.45. The lowest BCUT2D eigenvalue weighted by molar-refractivity contribution is 0.798. The lowest BCUT2D eigenvalue weighted by Gasteiger charge is -2.07. The number of alkyl halides is 1. The van der Waals surface area contributed by atoms with Gasteiger partial charge in [-0.1, -0.05) is 23.7 Å². The molecule has 1 unspecified atom stereocenters. The fraction of sp³-hybridized carbons (Fsp3) is 0.400. The average molecular weight is 201 g/mol. The first-order valence-corrected chi connectivity index (χ1v) is 4.98. The first-order chi connectivity index (χ1) is 5.77. The highest BCUT2D eigenvalue weighted by atomic mass is 35.5. The van der Waals surface area contributed by atoms with Crippen LogP contribution in [-0.2, 0) is 0 Å². The smallest absolute Gasteiger partial charge is 0.0613 e. The van der Waals surface area contributed by atoms with E-state index < -0.39 is 0 Å². The molecule has 0 amide bonds. The molecule has 0 radical (unpaired) electrons. The van der Waals surface area contributed by atoms with Crippen molar-refractivity contribution in [1.29, 1.82) is 0 Å². The van der Waals surface area contributed by atoms with E-state index >= 15 is 0 Å². The van der Waals surface area contributed by atoms with Crippen molar-refractivity contribution in [3.05, 3.63) is 34.9 Å². The quantitative estimate of drug-likeness (QED) is 0.633. The van der Waals surface area contributed by atoms with Crippen LogP contribution >= 0.6 is 23.2 Å². The largest absolute Gasteiger partial charge is 0.118 e. The van der Waals surface area contributed by atoms with E-state index in [-0.39, 0.29) is 5.38 Å². The van der Waals surface area contributed by atoms with E-state index in [9.17, 15) is 0 Å². The molecule has 1 aromatic carbocycles. The van der Waals surface area contributed by atoms with Crippen molar-refractivity contribution in [1.82, 2.24) is 0 Å². The summed E-state index contributed by atoms with van der Waals surface area (Å²) in [6.45, 7) is 0. The third kappa shape index (κ3) is 1.75. The van der Waals surface area contributed by atoms with Crippen LogP contribution in [-0.4, -0.2) is 0 Å². The second-order valence-electron chi connectivity index (χ2n) is 3.29. The monoisotopic (exact) mass is 200 g/mol. The fourth-order valence-electron chi connectivity index (χ4n) is 1.31. The van der Waals surface area contributed by atoms with Gasteiger partial charge in [0.25, 0.3) is 0 Å². The van der Waals surface area contributed by atoms with Crippen molar-refractivity contribution in [3.8, 4) is 0 Å². The predicted molar refractivity (Wildman–Crippen MR) is 52.8 cm³/mol. The van der Waals surface area contributed by atoms with Gasteiger partial charge in [-0.3, -0.25) is 0 Å². The molecule has 1 aromatic rings. The minimum Gasteiger partial charge on any atom is -0.118 e. The maximum absolute atomic E-state index is 6.21. The van der Waals surface area contributed by atoms with Gasteiger partial charge < -0.3 is 0 Å². The van der Waals surface area contributed by atoms with E-state index in [4.69, 9.17) is 23.2 Å². The Bertz CT molecular complexity index is 262. The Morgan fingerprint density at radius 1 is 1.17 bits per heavy atom. The molecule has 2 rings (SSSR count). The van der Waals surface area contributed by atoms with E-state index in [0.717, 1.165) is 5.02 Å². The molecule has 64 valence electrons. The average Bonchev–Trinajstić information content (AvgIpc) is 2.87. The second-order valence-corrected chi connectivity index (χ2v) is 4.20. The third-order valence-corrected chi connectivity index (χ3v) is 3.08. The van der Waals surface area contributed by atoms with Gasteiger partial charge in [-0.2, -0.15) is 0 Å². The standard InChI is InChI=1S/C10H10Cl2/c11-9-5-3-8(4-6-9)10(12)7-1-2-7/h3-7,10H,1-2H2. The van der Waals surface area contributed by atoms with Gasteiger partial charge in [-0.05, 0) is 36.5 Å². The van der Waals surface area contributed by atoms with E-state index in [1.165, 1.54) is 18.4 Å². The van der Waals surface area contributed by atoms with Crippen LogP contribution in [0.3, 0.4) is 0 Å². The number of halogens is 2. The molecule has 0 N–H and O–H groups in total. The van der Waals surface area contributed by atoms with Crippen molar-refractivity contribution >= 4 is 23.2 Å². The van der Waals surface area contributed by atoms with Crippen LogP contribution in [0.5, 0.6) is 0 Å². The lowest BCUT2D eigenvalue weighted by Crippen LogP contribution is -1.91. The molecule has 1 aliphatic rings. The number of hydrogen-bond donors (Lipinski definition) is 0. The molecule has 0 bridgehead atoms. The maximum Gasteiger partial charge on any atom is 0.0613 e. The summed E-state index contributed by atoms with van der Waals surface area (Å²) in [5.74, 6) is 0.702. The SMILES string of the molecule is Clc1ccc(C(Cl)C2CC2)cc1. The molecule has 1 saturated carbocycles. The Balaban J connectivity index is 2.16. The summed E-state index contributed by atoms with van der Waals surface area (Å²) < 4.78 is 0. The molecule has 0 spiro atoms. The summed E-state index contributed by atoms with van der Waals surface area (Å²) in [4.78, 5) is 0. The van der Waals surface area contributed by atoms with Gasteiger partial charge in [0, 0.05) is 5.02 Å². The van der Waals surface area contributed by atoms with Crippen LogP contribution in [0, 0.1) is 5.92 Å². The van der Waals surface area contributed by atoms with Gasteiger partial charge >= 0.3 is 0 Å². The molecule has 2 heteroatoms. The number of rotatable bonds is 2. The Morgan fingerprint density at radius 3 is 2.25 bits per heavy atom. The lowest BCUT2D eigenvalue weighted by atomic mass is 10.1. The number of hydrogen-bond acceptors (Lipinski definition) is 0. The zero-order valence-electron chi connectivity index (χ0n) is 6.63. The minimum absolute atomic E-state index is 0.197. The first kappa shape index (κ1) is 8.40. The highest BCUT2D eigenvalue weighted by molar-refractivity contribution is 6.30. The molecule has 0 heterocycles. The third-order valence-electron chi connectivity index (χ3n) is 2.22. The Morgan fingerprint density at radius 2 is 1.75 bits per heavy atom. The summed E-state index contributed by atoms with van der Waals surface area (Å²) in [7, 11) is 0. The number of benzene rings is 1. The molecule has 1 aliphatic carbocycles. The molecule has 0 aliphatic heterocycles. The zero-order chi connectivity index (χ0) is 8.55. The molecule has 0 aromatic heterocycles. The Kier molecular flexibility index (Phi) is 2.29. The molecular weight excluding hydrogens is 191 g/mol. The van der Waals surface area contributed by atoms with E-state index in [1.807, 2.05) is 24.3 Å². The molecule has 12 heavy (non-hydrogen) atoms. The van der Waals surface area contributed by atoms with Crippen molar-refractivity contribution < 1.29 is 0 Å². The Labute approximate surface area is 82.5 Å². The van der Waals surface area contributed by atoms with E-state index in [0.29, 0.717) is 5.92 Å². The first-order valence-electron chi connectivity index (χ1n) is 4.17. The molecule has 0 saturated heterocycles. The van der Waals surface area contributed by atoms with E-state index in [2.05, 4.69) is 0 Å². The van der Waals surface area contributed by atoms with Crippen LogP contribution in [0.15, 0.2) is 24.3 Å². The van der Waals surface area contributed by atoms with Crippen LogP contribution < -0.4 is 0 Å². The molecule has 1 fully saturated rings. The van der Waals surface area contributed by atoms with Crippen LogP contribution in [0.2, 0.25) is 5.02 Å². The minimum atomic E-state index is 0.197. The van der Waals surface area contributed by atoms with Gasteiger partial charge in [0.15, 0.2) is 0 Å². The molecule has 1 atom stereocenters. The topological polar surface area (TPSA) is 0 Å². The predicted octanol–water partition coefficient (Wildman–Crippen LogP) is 4.03. The summed E-state index contributed by atoms with van der Waals surface area (Å²) in [6, 6.07) is 7.82. The van der Waals surface area contributed by atoms with Crippen molar-refractivity contribution in [2.45, 2.75) is 18.2 Å². The van der Waals surface area contributed by atoms with Crippen LogP contribution in [0.1, 0.15) is 23.8 Å². The summed E-state index contributed by atoms with van der Waals surface area (Å²) in [5, 5.41) is 0.973. The van der Waals surface area contributed by atoms with Gasteiger partial charge in [0.2, 0.25) is 0 Å². The van der Waals surface area contributed by atoms with Crippen LogP contribution in [0.25, 0.3) is 0 Å². The van der Waals surface area contributed by atoms with Crippen molar-refractivity contribution in [2.24, 2.45) is 5.92 Å². The van der Waals surface area contributed by atoms with Crippen molar-refractivity contribution in [2.75, 3.05) is 0 Å². The van der Waals surface area contributed by atoms with Crippen molar-refractivity contribution in [3.63, 3.8) is 0 Å². The zero-order valence-corrected chi connectivity index (χ0v) is 8.15. The summed E-state index contributed by atoms with van der Waals surface area (Å²) in [6.07, 6.45) is 2.55. The fourth-order valence-corrected chi connectivity index (χ4v) is 1.83. The normalized spacial score (nSPS) is 19.2.